The molecule has 0 aliphatic rings. The van der Waals surface area contributed by atoms with E-state index in [2.05, 4.69) is 5.10 Å². The van der Waals surface area contributed by atoms with Gasteiger partial charge < -0.3 is 4.42 Å². The minimum absolute atomic E-state index is 0.0480. The lowest BCUT2D eigenvalue weighted by Crippen LogP contribution is -2.16. The average Bonchev–Trinajstić information content (AvgIpc) is 3.17. The van der Waals surface area contributed by atoms with Crippen molar-refractivity contribution in [1.82, 2.24) is 0 Å². The third kappa shape index (κ3) is 4.44. The Labute approximate surface area is 170 Å². The highest BCUT2D eigenvalue weighted by Crippen LogP contribution is 2.38. The Morgan fingerprint density at radius 3 is 2.03 bits per heavy atom. The van der Waals surface area contributed by atoms with E-state index in [-0.39, 0.29) is 11.5 Å². The Morgan fingerprint density at radius 2 is 1.52 bits per heavy atom. The number of alkyl halides is 3. The summed E-state index contributed by atoms with van der Waals surface area (Å²) in [5.41, 5.74) is -1.49. The number of carbonyl (C=O) groups is 1. The van der Waals surface area contributed by atoms with E-state index >= 15 is 0 Å². The van der Waals surface area contributed by atoms with E-state index in [0.29, 0.717) is 16.9 Å². The summed E-state index contributed by atoms with van der Waals surface area (Å²) in [6.45, 7) is 1.41. The maximum Gasteiger partial charge on any atom is 0.422 e. The van der Waals surface area contributed by atoms with Gasteiger partial charge in [-0.15, -0.1) is 0 Å². The van der Waals surface area contributed by atoms with Crippen LogP contribution in [0.15, 0.2) is 45.9 Å². The van der Waals surface area contributed by atoms with Gasteiger partial charge in [-0.3, -0.25) is 10.2 Å². The van der Waals surface area contributed by atoms with Gasteiger partial charge >= 0.3 is 6.18 Å². The molecule has 2 aromatic carbocycles. The van der Waals surface area contributed by atoms with Crippen molar-refractivity contribution in [2.75, 3.05) is 5.43 Å². The Bertz CT molecular complexity index is 1140. The number of anilines is 1. The number of hydrogen-bond donors (Lipinski definition) is 1. The molecule has 1 aromatic heterocycles. The van der Waals surface area contributed by atoms with Crippen molar-refractivity contribution in [1.29, 1.82) is 0 Å². The first kappa shape index (κ1) is 22.1. The smallest absolute Gasteiger partial charge is 0.422 e. The van der Waals surface area contributed by atoms with Crippen LogP contribution in [0.3, 0.4) is 0 Å². The van der Waals surface area contributed by atoms with Crippen molar-refractivity contribution in [3.05, 3.63) is 76.6 Å². The topological polar surface area (TPSA) is 54.6 Å². The minimum atomic E-state index is -5.63. The Morgan fingerprint density at radius 1 is 0.935 bits per heavy atom. The zero-order valence-electron chi connectivity index (χ0n) is 15.5. The molecule has 3 rings (SSSR count). The fraction of sp³-hybridized carbons (Fsp3) is 0.100. The lowest BCUT2D eigenvalue weighted by atomic mass is 10.1. The van der Waals surface area contributed by atoms with E-state index in [1.54, 1.807) is 29.7 Å². The second-order valence-electron chi connectivity index (χ2n) is 6.21. The molecule has 0 radical (unpaired) electrons. The first-order chi connectivity index (χ1) is 14.5. The number of ketones is 1. The number of nitrogens with one attached hydrogen (secondary N) is 1. The summed E-state index contributed by atoms with van der Waals surface area (Å²) >= 11 is 0. The van der Waals surface area contributed by atoms with Gasteiger partial charge in [0.15, 0.2) is 29.1 Å². The largest absolute Gasteiger partial charge is 0.455 e. The predicted molar refractivity (Wildman–Crippen MR) is 96.6 cm³/mol. The van der Waals surface area contributed by atoms with Gasteiger partial charge in [0.25, 0.3) is 0 Å². The molecule has 31 heavy (non-hydrogen) atoms. The molecule has 0 spiro atoms. The molecular weight excluding hydrogens is 433 g/mol. The van der Waals surface area contributed by atoms with Crippen molar-refractivity contribution in [3.63, 3.8) is 0 Å². The molecule has 0 atom stereocenters. The van der Waals surface area contributed by atoms with Crippen molar-refractivity contribution in [3.8, 4) is 11.3 Å². The minimum Gasteiger partial charge on any atom is -0.455 e. The van der Waals surface area contributed by atoms with Gasteiger partial charge in [0.2, 0.25) is 0 Å². The van der Waals surface area contributed by atoms with Crippen LogP contribution in [0.1, 0.15) is 28.6 Å². The Kier molecular flexibility index (Phi) is 5.87. The van der Waals surface area contributed by atoms with Crippen LogP contribution in [0.4, 0.5) is 36.4 Å². The zero-order chi connectivity index (χ0) is 22.9. The number of hydrogen-bond acceptors (Lipinski definition) is 4. The van der Waals surface area contributed by atoms with Crippen molar-refractivity contribution < 1.29 is 39.9 Å². The average molecular weight is 444 g/mol. The third-order valence-electron chi connectivity index (χ3n) is 4.12. The molecule has 4 nitrogen and oxygen atoms in total. The monoisotopic (exact) mass is 444 g/mol. The molecule has 0 bridgehead atoms. The first-order valence-corrected chi connectivity index (χ1v) is 8.44. The first-order valence-electron chi connectivity index (χ1n) is 8.44. The number of halogens is 7. The fourth-order valence-corrected chi connectivity index (χ4v) is 2.59. The predicted octanol–water partition coefficient (Wildman–Crippen LogP) is 6.17. The summed E-state index contributed by atoms with van der Waals surface area (Å²) < 4.78 is 98.0. The van der Waals surface area contributed by atoms with E-state index in [1.165, 1.54) is 19.1 Å². The highest BCUT2D eigenvalue weighted by molar-refractivity contribution is 5.94. The van der Waals surface area contributed by atoms with Gasteiger partial charge in [0.05, 0.1) is 6.21 Å². The van der Waals surface area contributed by atoms with Crippen LogP contribution >= 0.6 is 0 Å². The number of rotatable bonds is 5. The quantitative estimate of drug-likeness (QED) is 0.168. The van der Waals surface area contributed by atoms with E-state index in [9.17, 15) is 35.5 Å². The summed E-state index contributed by atoms with van der Waals surface area (Å²) in [7, 11) is 0. The van der Waals surface area contributed by atoms with Gasteiger partial charge in [-0.1, -0.05) is 24.3 Å². The van der Waals surface area contributed by atoms with Crippen LogP contribution in [0.5, 0.6) is 0 Å². The second kappa shape index (κ2) is 8.25. The molecule has 0 aliphatic carbocycles. The van der Waals surface area contributed by atoms with Gasteiger partial charge in [-0.05, 0) is 19.1 Å². The third-order valence-corrected chi connectivity index (χ3v) is 4.12. The van der Waals surface area contributed by atoms with Crippen LogP contribution < -0.4 is 5.43 Å². The summed E-state index contributed by atoms with van der Waals surface area (Å²) in [6, 6.07) is 9.31. The normalized spacial score (nSPS) is 11.9. The van der Waals surface area contributed by atoms with E-state index in [4.69, 9.17) is 4.42 Å². The van der Waals surface area contributed by atoms with E-state index in [0.717, 1.165) is 6.21 Å². The molecule has 3 aromatic rings. The second-order valence-corrected chi connectivity index (χ2v) is 6.21. The van der Waals surface area contributed by atoms with Crippen LogP contribution in [0.2, 0.25) is 0 Å². The number of benzene rings is 2. The number of nitrogens with zero attached hydrogens (tertiary/aromatic N) is 1. The van der Waals surface area contributed by atoms with Crippen LogP contribution in [0.25, 0.3) is 11.3 Å². The summed E-state index contributed by atoms with van der Waals surface area (Å²) in [4.78, 5) is 11.3. The van der Waals surface area contributed by atoms with Crippen molar-refractivity contribution >= 4 is 17.7 Å². The molecule has 162 valence electrons. The highest BCUT2D eigenvalue weighted by Gasteiger charge is 2.42. The maximum absolute atomic E-state index is 13.8. The van der Waals surface area contributed by atoms with Crippen LogP contribution in [0, 0.1) is 23.3 Å². The van der Waals surface area contributed by atoms with Gasteiger partial charge in [0.1, 0.15) is 22.8 Å². The summed E-state index contributed by atoms with van der Waals surface area (Å²) in [6.07, 6.45) is -4.75. The lowest BCUT2D eigenvalue weighted by molar-refractivity contribution is -0.143. The van der Waals surface area contributed by atoms with Crippen LogP contribution in [-0.2, 0) is 6.18 Å². The molecular formula is C20H11F7N2O2. The molecule has 0 unspecified atom stereocenters. The number of furan rings is 1. The SMILES string of the molecule is CC(=O)c1ccc(-c2ccc(C=NNc3c(F)c(F)c(C(F)(F)F)c(F)c3F)o2)cc1. The summed E-state index contributed by atoms with van der Waals surface area (Å²) in [5.74, 6) is -9.49. The van der Waals surface area contributed by atoms with Gasteiger partial charge in [-0.2, -0.15) is 18.3 Å². The molecule has 0 saturated carbocycles. The van der Waals surface area contributed by atoms with Crippen molar-refractivity contribution in [2.45, 2.75) is 13.1 Å². The zero-order valence-corrected chi connectivity index (χ0v) is 15.5. The fourth-order valence-electron chi connectivity index (χ4n) is 2.59. The lowest BCUT2D eigenvalue weighted by Gasteiger charge is -2.13. The summed E-state index contributed by atoms with van der Waals surface area (Å²) in [5, 5.41) is 3.34. The van der Waals surface area contributed by atoms with Crippen molar-refractivity contribution in [2.24, 2.45) is 5.10 Å². The van der Waals surface area contributed by atoms with Crippen LogP contribution in [-0.4, -0.2) is 12.0 Å². The Balaban J connectivity index is 1.81. The van der Waals surface area contributed by atoms with E-state index in [1.807, 2.05) is 0 Å². The number of hydrazone groups is 1. The standard InChI is InChI=1S/C20H11F7N2O2/c1-9(30)10-2-4-11(5-3-10)13-7-6-12(31-13)8-28-29-19-17(23)15(21)14(20(25,26)27)16(22)18(19)24/h2-8,29H,1H3. The molecule has 0 amide bonds. The molecule has 0 saturated heterocycles. The molecule has 0 aliphatic heterocycles. The van der Waals surface area contributed by atoms with E-state index < -0.39 is 40.7 Å². The van der Waals surface area contributed by atoms with Gasteiger partial charge in [0, 0.05) is 11.1 Å². The highest BCUT2D eigenvalue weighted by atomic mass is 19.4. The molecule has 0 fully saturated rings. The maximum atomic E-state index is 13.8. The molecule has 11 heteroatoms. The Hall–Kier alpha value is -3.63. The van der Waals surface area contributed by atoms with Gasteiger partial charge in [-0.25, -0.2) is 17.6 Å². The number of Topliss-reactive ketones (excluding diaryl/α,β-unsaturated/α-hetero) is 1. The molecule has 1 N–H and O–H groups in total. The number of carbonyl (C=O) groups excluding carboxylic acids is 1. The molecule has 1 heterocycles.